The number of hydrogen-bond acceptors (Lipinski definition) is 1. The molecular formula is C45H25N5. The van der Waals surface area contributed by atoms with Crippen LogP contribution in [0.5, 0.6) is 0 Å². The van der Waals surface area contributed by atoms with Crippen LogP contribution in [-0.2, 0) is 0 Å². The Morgan fingerprint density at radius 1 is 0.460 bits per heavy atom. The fourth-order valence-corrected chi connectivity index (χ4v) is 7.30. The average molecular weight is 636 g/mol. The van der Waals surface area contributed by atoms with Crippen molar-refractivity contribution >= 4 is 55.0 Å². The van der Waals surface area contributed by atoms with E-state index in [1.807, 2.05) is 54.6 Å². The molecule has 5 nitrogen and oxygen atoms in total. The highest BCUT2D eigenvalue weighted by molar-refractivity contribution is 6.11. The molecule has 5 heteroatoms. The van der Waals surface area contributed by atoms with Gasteiger partial charge in [-0.25, -0.2) is 9.69 Å². The first-order valence-corrected chi connectivity index (χ1v) is 16.2. The Hall–Kier alpha value is -7.39. The molecule has 0 aliphatic carbocycles. The highest BCUT2D eigenvalue weighted by Crippen LogP contribution is 2.40. The van der Waals surface area contributed by atoms with E-state index in [9.17, 15) is 5.26 Å². The number of para-hydroxylation sites is 2. The van der Waals surface area contributed by atoms with Crippen LogP contribution in [0.1, 0.15) is 5.56 Å². The molecule has 0 spiro atoms. The molecule has 0 unspecified atom stereocenters. The topological polar surface area (TPSA) is 42.4 Å². The molecule has 230 valence electrons. The first-order valence-electron chi connectivity index (χ1n) is 16.2. The number of nitriles is 1. The van der Waals surface area contributed by atoms with Gasteiger partial charge in [0.1, 0.15) is 0 Å². The Bertz CT molecular complexity index is 2830. The van der Waals surface area contributed by atoms with Gasteiger partial charge >= 0.3 is 0 Å². The van der Waals surface area contributed by atoms with Crippen molar-refractivity contribution in [1.29, 1.82) is 5.26 Å². The van der Waals surface area contributed by atoms with Crippen LogP contribution < -0.4 is 0 Å². The molecule has 0 saturated heterocycles. The maximum atomic E-state index is 9.67. The molecule has 0 N–H and O–H groups in total. The zero-order valence-electron chi connectivity index (χ0n) is 26.7. The summed E-state index contributed by atoms with van der Waals surface area (Å²) in [6.07, 6.45) is 0. The second-order valence-electron chi connectivity index (χ2n) is 12.3. The van der Waals surface area contributed by atoms with Crippen LogP contribution in [0.2, 0.25) is 0 Å². The highest BCUT2D eigenvalue weighted by Gasteiger charge is 2.18. The molecule has 0 saturated carbocycles. The van der Waals surface area contributed by atoms with Crippen LogP contribution in [0.4, 0.5) is 11.4 Å². The summed E-state index contributed by atoms with van der Waals surface area (Å²) in [6, 6.07) is 53.7. The van der Waals surface area contributed by atoms with E-state index in [1.54, 1.807) is 0 Å². The Morgan fingerprint density at radius 3 is 1.76 bits per heavy atom. The van der Waals surface area contributed by atoms with Gasteiger partial charge in [0, 0.05) is 33.1 Å². The summed E-state index contributed by atoms with van der Waals surface area (Å²) in [4.78, 5) is 7.42. The second-order valence-corrected chi connectivity index (χ2v) is 12.3. The van der Waals surface area contributed by atoms with E-state index in [1.165, 1.54) is 21.8 Å². The Balaban J connectivity index is 1.18. The minimum absolute atomic E-state index is 0.531. The Kier molecular flexibility index (Phi) is 6.56. The van der Waals surface area contributed by atoms with Crippen LogP contribution in [0.15, 0.2) is 152 Å². The average Bonchev–Trinajstić information content (AvgIpc) is 3.69. The van der Waals surface area contributed by atoms with Crippen LogP contribution >= 0.6 is 0 Å². The lowest BCUT2D eigenvalue weighted by Gasteiger charge is -2.16. The van der Waals surface area contributed by atoms with Crippen molar-refractivity contribution in [2.75, 3.05) is 0 Å². The SMILES string of the molecule is [C-]#[N+]c1ccc(-c2ccc(-c3cccc(-n4c5ccccc5c5ccccc54)c3)cc2)c(-n2c3ccc(C#N)cc3c3cc([N+]#[C-])ccc32)c1. The van der Waals surface area contributed by atoms with Crippen molar-refractivity contribution < 1.29 is 0 Å². The van der Waals surface area contributed by atoms with Gasteiger partial charge in [0.15, 0.2) is 11.4 Å². The molecule has 0 radical (unpaired) electrons. The fraction of sp³-hybridized carbons (Fsp3) is 0. The zero-order chi connectivity index (χ0) is 33.8. The van der Waals surface area contributed by atoms with Crippen LogP contribution in [0.25, 0.3) is 86.9 Å². The Morgan fingerprint density at radius 2 is 1.06 bits per heavy atom. The molecule has 0 atom stereocenters. The van der Waals surface area contributed by atoms with Crippen molar-refractivity contribution in [3.8, 4) is 39.7 Å². The minimum atomic E-state index is 0.531. The smallest absolute Gasteiger partial charge is 0.189 e. The molecule has 50 heavy (non-hydrogen) atoms. The molecular weight excluding hydrogens is 611 g/mol. The van der Waals surface area contributed by atoms with Crippen LogP contribution in [0.3, 0.4) is 0 Å². The maximum Gasteiger partial charge on any atom is 0.189 e. The van der Waals surface area contributed by atoms with E-state index in [2.05, 4.69) is 122 Å². The van der Waals surface area contributed by atoms with E-state index in [0.717, 1.165) is 55.4 Å². The predicted molar refractivity (Wildman–Crippen MR) is 203 cm³/mol. The molecule has 0 amide bonds. The van der Waals surface area contributed by atoms with Gasteiger partial charge in [-0.3, -0.25) is 0 Å². The summed E-state index contributed by atoms with van der Waals surface area (Å²) in [5.41, 5.74) is 12.0. The quantitative estimate of drug-likeness (QED) is 0.177. The number of hydrogen-bond donors (Lipinski definition) is 0. The van der Waals surface area contributed by atoms with Crippen LogP contribution in [0, 0.1) is 24.5 Å². The lowest BCUT2D eigenvalue weighted by molar-refractivity contribution is 1.18. The lowest BCUT2D eigenvalue weighted by atomic mass is 9.98. The number of aromatic nitrogens is 2. The standard InChI is InChI=1S/C45H25N5/c1-47-33-20-23-44-40(26-33)39-24-29(28-46)14-22-43(39)50(44)45-27-34(48-2)19-21-36(45)31-17-15-30(16-18-31)32-8-7-9-35(25-32)49-41-12-5-3-10-37(41)38-11-4-6-13-42(38)49/h3-27H. The molecule has 0 aliphatic heterocycles. The summed E-state index contributed by atoms with van der Waals surface area (Å²) in [5.74, 6) is 0. The summed E-state index contributed by atoms with van der Waals surface area (Å²) in [7, 11) is 0. The molecule has 2 aromatic heterocycles. The van der Waals surface area contributed by atoms with E-state index < -0.39 is 0 Å². The molecule has 9 rings (SSSR count). The van der Waals surface area contributed by atoms with Crippen molar-refractivity contribution in [1.82, 2.24) is 9.13 Å². The van der Waals surface area contributed by atoms with Gasteiger partial charge in [0.2, 0.25) is 0 Å². The van der Waals surface area contributed by atoms with Crippen LogP contribution in [-0.4, -0.2) is 9.13 Å². The summed E-state index contributed by atoms with van der Waals surface area (Å²) in [6.45, 7) is 15.4. The number of nitrogens with zero attached hydrogens (tertiary/aromatic N) is 5. The van der Waals surface area contributed by atoms with Gasteiger partial charge in [0.05, 0.1) is 46.8 Å². The number of benzene rings is 7. The fourth-order valence-electron chi connectivity index (χ4n) is 7.30. The van der Waals surface area contributed by atoms with E-state index in [-0.39, 0.29) is 0 Å². The van der Waals surface area contributed by atoms with Gasteiger partial charge in [-0.05, 0) is 82.7 Å². The summed E-state index contributed by atoms with van der Waals surface area (Å²) < 4.78 is 4.48. The van der Waals surface area contributed by atoms with Gasteiger partial charge in [-0.15, -0.1) is 0 Å². The van der Waals surface area contributed by atoms with Gasteiger partial charge in [0.25, 0.3) is 0 Å². The van der Waals surface area contributed by atoms with Crippen molar-refractivity contribution in [2.24, 2.45) is 0 Å². The second kappa shape index (κ2) is 11.4. The van der Waals surface area contributed by atoms with Crippen molar-refractivity contribution in [2.45, 2.75) is 0 Å². The summed E-state index contributed by atoms with van der Waals surface area (Å²) in [5, 5.41) is 13.9. The van der Waals surface area contributed by atoms with Crippen molar-refractivity contribution in [3.05, 3.63) is 180 Å². The first kappa shape index (κ1) is 28.8. The maximum absolute atomic E-state index is 9.67. The lowest BCUT2D eigenvalue weighted by Crippen LogP contribution is -1.97. The molecule has 0 aliphatic rings. The van der Waals surface area contributed by atoms with Gasteiger partial charge < -0.3 is 9.13 Å². The number of rotatable bonds is 4. The van der Waals surface area contributed by atoms with Gasteiger partial charge in [-0.2, -0.15) is 5.26 Å². The highest BCUT2D eigenvalue weighted by atomic mass is 15.0. The predicted octanol–water partition coefficient (Wildman–Crippen LogP) is 12.2. The Labute approximate surface area is 288 Å². The molecule has 0 fully saturated rings. The van der Waals surface area contributed by atoms with Gasteiger partial charge in [-0.1, -0.05) is 91.0 Å². The van der Waals surface area contributed by atoms with E-state index in [0.29, 0.717) is 16.9 Å². The zero-order valence-corrected chi connectivity index (χ0v) is 26.7. The normalized spacial score (nSPS) is 11.1. The molecule has 2 heterocycles. The third kappa shape index (κ3) is 4.45. The molecule has 7 aromatic carbocycles. The summed E-state index contributed by atoms with van der Waals surface area (Å²) >= 11 is 0. The monoisotopic (exact) mass is 635 g/mol. The largest absolute Gasteiger partial charge is 0.310 e. The minimum Gasteiger partial charge on any atom is -0.310 e. The third-order valence-corrected chi connectivity index (χ3v) is 9.57. The van der Waals surface area contributed by atoms with E-state index >= 15 is 0 Å². The van der Waals surface area contributed by atoms with Crippen molar-refractivity contribution in [3.63, 3.8) is 0 Å². The van der Waals surface area contributed by atoms with E-state index in [4.69, 9.17) is 13.1 Å². The third-order valence-electron chi connectivity index (χ3n) is 9.57. The molecule has 0 bridgehead atoms. The molecule has 9 aromatic rings. The first-order chi connectivity index (χ1) is 24.6. The number of fused-ring (bicyclic) bond motifs is 6.